The number of nitrogens with zero attached hydrogens (tertiary/aromatic N) is 1. The van der Waals surface area contributed by atoms with Gasteiger partial charge in [-0.05, 0) is 23.6 Å². The van der Waals surface area contributed by atoms with Gasteiger partial charge in [0, 0.05) is 44.4 Å². The zero-order chi connectivity index (χ0) is 16.9. The summed E-state index contributed by atoms with van der Waals surface area (Å²) >= 11 is 0. The lowest BCUT2D eigenvalue weighted by molar-refractivity contribution is 0.104. The first kappa shape index (κ1) is 17.0. The van der Waals surface area contributed by atoms with E-state index in [1.807, 2.05) is 6.07 Å². The maximum atomic E-state index is 13.5. The van der Waals surface area contributed by atoms with Crippen LogP contribution in [0.2, 0.25) is 0 Å². The number of aliphatic hydroxyl groups excluding tert-OH is 1. The Morgan fingerprint density at radius 1 is 1.12 bits per heavy atom. The first-order chi connectivity index (χ1) is 11.6. The topological polar surface area (TPSA) is 35.5 Å². The summed E-state index contributed by atoms with van der Waals surface area (Å²) in [6.07, 6.45) is 0.468. The summed E-state index contributed by atoms with van der Waals surface area (Å²) < 4.78 is 26.4. The van der Waals surface area contributed by atoms with Gasteiger partial charge in [0.15, 0.2) is 0 Å². The fourth-order valence-electron chi connectivity index (χ4n) is 3.11. The second-order valence-electron chi connectivity index (χ2n) is 6.27. The van der Waals surface area contributed by atoms with Crippen molar-refractivity contribution in [1.29, 1.82) is 0 Å². The summed E-state index contributed by atoms with van der Waals surface area (Å²) in [6, 6.07) is 11.9. The number of aliphatic hydroxyl groups is 1. The molecule has 1 heterocycles. The molecule has 0 aliphatic carbocycles. The van der Waals surface area contributed by atoms with Crippen LogP contribution in [0.1, 0.15) is 16.7 Å². The van der Waals surface area contributed by atoms with Crippen molar-refractivity contribution in [2.24, 2.45) is 0 Å². The first-order valence-electron chi connectivity index (χ1n) is 8.23. The number of hydrogen-bond donors (Lipinski definition) is 2. The lowest BCUT2D eigenvalue weighted by Crippen LogP contribution is -2.40. The van der Waals surface area contributed by atoms with Gasteiger partial charge < -0.3 is 10.4 Å². The van der Waals surface area contributed by atoms with Gasteiger partial charge in [-0.15, -0.1) is 0 Å². The van der Waals surface area contributed by atoms with E-state index in [2.05, 4.69) is 28.4 Å². The quantitative estimate of drug-likeness (QED) is 0.853. The summed E-state index contributed by atoms with van der Waals surface area (Å²) in [5, 5.41) is 13.2. The average molecular weight is 332 g/mol. The van der Waals surface area contributed by atoms with E-state index in [1.54, 1.807) is 0 Å². The second-order valence-corrected chi connectivity index (χ2v) is 6.27. The average Bonchev–Trinajstić information content (AvgIpc) is 2.57. The van der Waals surface area contributed by atoms with E-state index in [0.717, 1.165) is 25.6 Å². The van der Waals surface area contributed by atoms with Gasteiger partial charge in [0.25, 0.3) is 0 Å². The van der Waals surface area contributed by atoms with Gasteiger partial charge in [-0.2, -0.15) is 0 Å². The maximum Gasteiger partial charge on any atom is 0.130 e. The first-order valence-corrected chi connectivity index (χ1v) is 8.23. The van der Waals surface area contributed by atoms with Gasteiger partial charge in [0.1, 0.15) is 11.6 Å². The van der Waals surface area contributed by atoms with E-state index in [4.69, 9.17) is 0 Å². The molecular formula is C19H22F2N2O. The normalized spacial score (nSPS) is 16.0. The van der Waals surface area contributed by atoms with Crippen LogP contribution in [-0.2, 0) is 19.5 Å². The van der Waals surface area contributed by atoms with E-state index in [0.29, 0.717) is 18.7 Å². The lowest BCUT2D eigenvalue weighted by Gasteiger charge is -2.30. The van der Waals surface area contributed by atoms with E-state index in [9.17, 15) is 13.9 Å². The summed E-state index contributed by atoms with van der Waals surface area (Å²) in [6.45, 7) is 2.99. The van der Waals surface area contributed by atoms with Crippen LogP contribution in [0.3, 0.4) is 0 Å². The third-order valence-electron chi connectivity index (χ3n) is 4.39. The molecule has 0 aromatic heterocycles. The second kappa shape index (κ2) is 7.83. The number of β-amino-alcohol motifs (C(OH)–C–C–N with tert-alkyl or cyclic N) is 1. The Morgan fingerprint density at radius 2 is 1.92 bits per heavy atom. The summed E-state index contributed by atoms with van der Waals surface area (Å²) in [5.74, 6) is -1.15. The number of hydrogen-bond acceptors (Lipinski definition) is 3. The number of rotatable bonds is 6. The third-order valence-corrected chi connectivity index (χ3v) is 4.39. The molecule has 0 bridgehead atoms. The fraction of sp³-hybridized carbons (Fsp3) is 0.368. The Balaban J connectivity index is 1.44. The molecule has 0 spiro atoms. The van der Waals surface area contributed by atoms with Crippen LogP contribution in [0.4, 0.5) is 8.78 Å². The molecule has 3 nitrogen and oxygen atoms in total. The van der Waals surface area contributed by atoms with Gasteiger partial charge in [-0.3, -0.25) is 4.90 Å². The number of benzene rings is 2. The van der Waals surface area contributed by atoms with Crippen molar-refractivity contribution < 1.29 is 13.9 Å². The van der Waals surface area contributed by atoms with Crippen LogP contribution in [0, 0.1) is 11.6 Å². The standard InChI is InChI=1S/C19H22F2N2O/c20-17-6-5-15(19(21)9-17)10-22-11-18(24)13-23-8-7-14-3-1-2-4-16(14)12-23/h1-6,9,18,22,24H,7-8,10-13H2. The van der Waals surface area contributed by atoms with Crippen molar-refractivity contribution in [3.8, 4) is 0 Å². The van der Waals surface area contributed by atoms with Gasteiger partial charge >= 0.3 is 0 Å². The Hall–Kier alpha value is -1.82. The SMILES string of the molecule is OC(CNCc1ccc(F)cc1F)CN1CCc2ccccc2C1. The molecule has 0 saturated carbocycles. The summed E-state index contributed by atoms with van der Waals surface area (Å²) in [5.41, 5.74) is 3.10. The Kier molecular flexibility index (Phi) is 5.56. The molecule has 1 aliphatic rings. The molecule has 3 rings (SSSR count). The Morgan fingerprint density at radius 3 is 2.71 bits per heavy atom. The van der Waals surface area contributed by atoms with Gasteiger partial charge in [-0.1, -0.05) is 30.3 Å². The predicted octanol–water partition coefficient (Wildman–Crippen LogP) is 2.47. The fourth-order valence-corrected chi connectivity index (χ4v) is 3.11. The van der Waals surface area contributed by atoms with Crippen molar-refractivity contribution in [1.82, 2.24) is 10.2 Å². The van der Waals surface area contributed by atoms with Crippen molar-refractivity contribution in [2.75, 3.05) is 19.6 Å². The van der Waals surface area contributed by atoms with Crippen LogP contribution >= 0.6 is 0 Å². The largest absolute Gasteiger partial charge is 0.390 e. The van der Waals surface area contributed by atoms with Crippen LogP contribution in [0.25, 0.3) is 0 Å². The molecule has 0 saturated heterocycles. The third kappa shape index (κ3) is 4.38. The molecule has 1 unspecified atom stereocenters. The van der Waals surface area contributed by atoms with Crippen molar-refractivity contribution >= 4 is 0 Å². The molecule has 2 N–H and O–H groups in total. The van der Waals surface area contributed by atoms with E-state index in [-0.39, 0.29) is 6.54 Å². The van der Waals surface area contributed by atoms with Crippen molar-refractivity contribution in [3.05, 3.63) is 70.8 Å². The Labute approximate surface area is 140 Å². The highest BCUT2D eigenvalue weighted by atomic mass is 19.1. The minimum absolute atomic E-state index is 0.270. The zero-order valence-electron chi connectivity index (χ0n) is 13.5. The zero-order valence-corrected chi connectivity index (χ0v) is 13.5. The highest BCUT2D eigenvalue weighted by molar-refractivity contribution is 5.29. The molecule has 0 radical (unpaired) electrons. The number of nitrogens with one attached hydrogen (secondary N) is 1. The van der Waals surface area contributed by atoms with E-state index >= 15 is 0 Å². The van der Waals surface area contributed by atoms with E-state index in [1.165, 1.54) is 23.3 Å². The minimum Gasteiger partial charge on any atom is -0.390 e. The van der Waals surface area contributed by atoms with Crippen LogP contribution in [0.5, 0.6) is 0 Å². The molecule has 128 valence electrons. The highest BCUT2D eigenvalue weighted by Gasteiger charge is 2.18. The molecule has 2 aromatic carbocycles. The van der Waals surface area contributed by atoms with Crippen LogP contribution < -0.4 is 5.32 Å². The molecule has 1 aliphatic heterocycles. The van der Waals surface area contributed by atoms with Gasteiger partial charge in [-0.25, -0.2) is 8.78 Å². The minimum atomic E-state index is -0.582. The van der Waals surface area contributed by atoms with Gasteiger partial charge in [0.05, 0.1) is 6.10 Å². The number of fused-ring (bicyclic) bond motifs is 1. The van der Waals surface area contributed by atoms with Crippen molar-refractivity contribution in [2.45, 2.75) is 25.6 Å². The monoisotopic (exact) mass is 332 g/mol. The summed E-state index contributed by atoms with van der Waals surface area (Å²) in [4.78, 5) is 2.23. The summed E-state index contributed by atoms with van der Waals surface area (Å²) in [7, 11) is 0. The van der Waals surface area contributed by atoms with Crippen molar-refractivity contribution in [3.63, 3.8) is 0 Å². The smallest absolute Gasteiger partial charge is 0.130 e. The van der Waals surface area contributed by atoms with E-state index < -0.39 is 17.7 Å². The van der Waals surface area contributed by atoms with Gasteiger partial charge in [0.2, 0.25) is 0 Å². The highest BCUT2D eigenvalue weighted by Crippen LogP contribution is 2.18. The lowest BCUT2D eigenvalue weighted by atomic mass is 10.00. The maximum absolute atomic E-state index is 13.5. The molecule has 1 atom stereocenters. The Bertz CT molecular complexity index is 693. The molecule has 0 amide bonds. The number of halogens is 2. The molecule has 24 heavy (non-hydrogen) atoms. The van der Waals surface area contributed by atoms with Crippen LogP contribution in [0.15, 0.2) is 42.5 Å². The molecule has 0 fully saturated rings. The molecule has 2 aromatic rings. The van der Waals surface area contributed by atoms with Crippen LogP contribution in [-0.4, -0.2) is 35.7 Å². The predicted molar refractivity (Wildman–Crippen MR) is 89.5 cm³/mol. The molecular weight excluding hydrogens is 310 g/mol. The molecule has 5 heteroatoms.